The molecule has 3 aromatic rings. The van der Waals surface area contributed by atoms with Crippen molar-refractivity contribution in [3.63, 3.8) is 0 Å². The van der Waals surface area contributed by atoms with Gasteiger partial charge in [0, 0.05) is 18.4 Å². The minimum absolute atomic E-state index is 0.0135. The van der Waals surface area contributed by atoms with Crippen LogP contribution in [0.15, 0.2) is 47.4 Å². The number of pyridine rings is 2. The molecule has 0 unspecified atom stereocenters. The molecule has 148 valence electrons. The smallest absolute Gasteiger partial charge is 0.257 e. The fraction of sp³-hybridized carbons (Fsp3) is 0.227. The summed E-state index contributed by atoms with van der Waals surface area (Å²) < 4.78 is 20.4. The second kappa shape index (κ2) is 9.02. The summed E-state index contributed by atoms with van der Waals surface area (Å²) in [6.45, 7) is 4.35. The van der Waals surface area contributed by atoms with Gasteiger partial charge in [-0.15, -0.1) is 0 Å². The maximum absolute atomic E-state index is 13.4. The maximum atomic E-state index is 13.4. The van der Waals surface area contributed by atoms with Gasteiger partial charge in [0.05, 0.1) is 11.9 Å². The zero-order chi connectivity index (χ0) is 20.8. The van der Waals surface area contributed by atoms with Gasteiger partial charge in [-0.05, 0) is 38.1 Å². The average molecular weight is 393 g/mol. The third-order valence-corrected chi connectivity index (χ3v) is 4.24. The van der Waals surface area contributed by atoms with E-state index in [0.717, 1.165) is 5.69 Å². The van der Waals surface area contributed by atoms with E-state index in [1.54, 1.807) is 28.8 Å². The van der Waals surface area contributed by atoms with Crippen LogP contribution in [0.1, 0.15) is 23.0 Å². The largest absolute Gasteiger partial charge is 0.478 e. The van der Waals surface area contributed by atoms with Gasteiger partial charge in [-0.3, -0.25) is 9.59 Å². The lowest BCUT2D eigenvalue weighted by Gasteiger charge is -2.11. The number of aryl methyl sites for hydroxylation is 2. The number of carbonyl (C=O) groups is 1. The molecule has 2 aromatic heterocycles. The van der Waals surface area contributed by atoms with Crippen LogP contribution in [0.3, 0.4) is 0 Å². The molecule has 0 saturated heterocycles. The van der Waals surface area contributed by atoms with E-state index in [0.29, 0.717) is 17.6 Å². The lowest BCUT2D eigenvalue weighted by molar-refractivity contribution is 0.0957. The highest BCUT2D eigenvalue weighted by Gasteiger charge is 2.15. The molecule has 0 aliphatic carbocycles. The van der Waals surface area contributed by atoms with Crippen LogP contribution in [0, 0.1) is 24.6 Å². The van der Waals surface area contributed by atoms with Crippen molar-refractivity contribution in [3.8, 4) is 17.6 Å². The van der Waals surface area contributed by atoms with Gasteiger partial charge in [0.2, 0.25) is 5.43 Å². The van der Waals surface area contributed by atoms with Crippen LogP contribution >= 0.6 is 0 Å². The number of nitrogens with zero attached hydrogens (tertiary/aromatic N) is 2. The first kappa shape index (κ1) is 20.1. The van der Waals surface area contributed by atoms with Gasteiger partial charge >= 0.3 is 0 Å². The summed E-state index contributed by atoms with van der Waals surface area (Å²) in [4.78, 5) is 29.5. The maximum Gasteiger partial charge on any atom is 0.257 e. The van der Waals surface area contributed by atoms with Gasteiger partial charge < -0.3 is 14.6 Å². The van der Waals surface area contributed by atoms with Gasteiger partial charge in [0.1, 0.15) is 17.8 Å². The van der Waals surface area contributed by atoms with Crippen LogP contribution in [0.5, 0.6) is 5.75 Å². The molecule has 0 atom stereocenters. The Morgan fingerprint density at radius 3 is 2.79 bits per heavy atom. The number of amides is 1. The van der Waals surface area contributed by atoms with Crippen molar-refractivity contribution >= 4 is 16.9 Å². The van der Waals surface area contributed by atoms with E-state index in [2.05, 4.69) is 22.1 Å². The lowest BCUT2D eigenvalue weighted by Crippen LogP contribution is -2.30. The number of hydrogen-bond donors (Lipinski definition) is 1. The second-order valence-electron chi connectivity index (χ2n) is 6.24. The average Bonchev–Trinajstić information content (AvgIpc) is 2.72. The molecule has 6 nitrogen and oxygen atoms in total. The Balaban J connectivity index is 1.66. The molecule has 2 heterocycles. The third-order valence-electron chi connectivity index (χ3n) is 4.24. The Kier molecular flexibility index (Phi) is 6.25. The van der Waals surface area contributed by atoms with E-state index in [1.165, 1.54) is 18.3 Å². The zero-order valence-electron chi connectivity index (χ0n) is 16.2. The molecule has 0 bridgehead atoms. The molecule has 0 aliphatic heterocycles. The van der Waals surface area contributed by atoms with Crippen molar-refractivity contribution < 1.29 is 13.9 Å². The fourth-order valence-electron chi connectivity index (χ4n) is 2.77. The highest BCUT2D eigenvalue weighted by Crippen LogP contribution is 2.14. The van der Waals surface area contributed by atoms with Crippen LogP contribution in [0.2, 0.25) is 0 Å². The number of para-hydroxylation sites is 1. The molecule has 1 aromatic carbocycles. The minimum atomic E-state index is -0.510. The van der Waals surface area contributed by atoms with Gasteiger partial charge in [0.25, 0.3) is 5.91 Å². The van der Waals surface area contributed by atoms with E-state index >= 15 is 0 Å². The summed E-state index contributed by atoms with van der Waals surface area (Å²) in [5.41, 5.74) is 1.02. The molecular weight excluding hydrogens is 373 g/mol. The summed E-state index contributed by atoms with van der Waals surface area (Å²) in [6, 6.07) is 9.46. The molecule has 1 amide bonds. The number of rotatable bonds is 5. The van der Waals surface area contributed by atoms with Crippen LogP contribution in [0.25, 0.3) is 11.0 Å². The standard InChI is InChI=1S/C22H20FN3O3/c1-3-26-14-17(20(27)16-11-10-15(2)25-21(16)26)22(28)24-12-6-7-13-29-19-9-5-4-8-18(19)23/h4-5,8-11,14H,3,12-13H2,1-2H3,(H,24,28). The molecule has 3 rings (SSSR count). The first-order valence-electron chi connectivity index (χ1n) is 9.13. The van der Waals surface area contributed by atoms with E-state index in [4.69, 9.17) is 4.74 Å². The quantitative estimate of drug-likeness (QED) is 0.677. The van der Waals surface area contributed by atoms with Crippen molar-refractivity contribution in [3.05, 3.63) is 69.9 Å². The van der Waals surface area contributed by atoms with Crippen LogP contribution in [-0.4, -0.2) is 28.6 Å². The number of benzene rings is 1. The lowest BCUT2D eigenvalue weighted by atomic mass is 10.1. The van der Waals surface area contributed by atoms with E-state index in [1.807, 2.05) is 13.8 Å². The third kappa shape index (κ3) is 4.61. The predicted octanol–water partition coefficient (Wildman–Crippen LogP) is 2.68. The van der Waals surface area contributed by atoms with Gasteiger partial charge in [-0.2, -0.15) is 0 Å². The first-order chi connectivity index (χ1) is 14.0. The zero-order valence-corrected chi connectivity index (χ0v) is 16.2. The summed E-state index contributed by atoms with van der Waals surface area (Å²) in [5.74, 6) is 4.56. The van der Waals surface area contributed by atoms with Crippen LogP contribution in [0.4, 0.5) is 4.39 Å². The molecule has 0 spiro atoms. The topological polar surface area (TPSA) is 73.2 Å². The van der Waals surface area contributed by atoms with E-state index < -0.39 is 11.7 Å². The molecular formula is C22H20FN3O3. The first-order valence-corrected chi connectivity index (χ1v) is 9.13. The number of hydrogen-bond acceptors (Lipinski definition) is 4. The van der Waals surface area contributed by atoms with Crippen molar-refractivity contribution in [2.24, 2.45) is 0 Å². The van der Waals surface area contributed by atoms with E-state index in [9.17, 15) is 14.0 Å². The second-order valence-corrected chi connectivity index (χ2v) is 6.24. The fourth-order valence-corrected chi connectivity index (χ4v) is 2.77. The van der Waals surface area contributed by atoms with Crippen molar-refractivity contribution in [2.45, 2.75) is 20.4 Å². The Hall–Kier alpha value is -3.66. The Morgan fingerprint density at radius 1 is 1.24 bits per heavy atom. The molecule has 1 N–H and O–H groups in total. The Labute approximate surface area is 167 Å². The monoisotopic (exact) mass is 393 g/mol. The van der Waals surface area contributed by atoms with Crippen molar-refractivity contribution in [1.82, 2.24) is 14.9 Å². The van der Waals surface area contributed by atoms with Crippen molar-refractivity contribution in [2.75, 3.05) is 13.2 Å². The number of fused-ring (bicyclic) bond motifs is 1. The van der Waals surface area contributed by atoms with E-state index in [-0.39, 0.29) is 29.9 Å². The van der Waals surface area contributed by atoms with Crippen LogP contribution in [-0.2, 0) is 6.54 Å². The Morgan fingerprint density at radius 2 is 2.03 bits per heavy atom. The summed E-state index contributed by atoms with van der Waals surface area (Å²) >= 11 is 0. The van der Waals surface area contributed by atoms with Gasteiger partial charge in [-0.1, -0.05) is 24.0 Å². The number of nitrogens with one attached hydrogen (secondary N) is 1. The SMILES string of the molecule is CCn1cc(C(=O)NCC#CCOc2ccccc2F)c(=O)c2ccc(C)nc21. The highest BCUT2D eigenvalue weighted by molar-refractivity contribution is 5.97. The normalized spacial score (nSPS) is 10.3. The predicted molar refractivity (Wildman–Crippen MR) is 108 cm³/mol. The summed E-state index contributed by atoms with van der Waals surface area (Å²) in [6.07, 6.45) is 1.52. The molecule has 0 aliphatic rings. The number of ether oxygens (including phenoxy) is 1. The van der Waals surface area contributed by atoms with Gasteiger partial charge in [0.15, 0.2) is 11.6 Å². The Bertz CT molecular complexity index is 1180. The molecule has 0 fully saturated rings. The van der Waals surface area contributed by atoms with Crippen molar-refractivity contribution in [1.29, 1.82) is 0 Å². The minimum Gasteiger partial charge on any atom is -0.478 e. The molecule has 7 heteroatoms. The summed E-state index contributed by atoms with van der Waals surface area (Å²) in [7, 11) is 0. The summed E-state index contributed by atoms with van der Waals surface area (Å²) in [5, 5.41) is 3.00. The number of carbonyl (C=O) groups excluding carboxylic acids is 1. The molecule has 0 radical (unpaired) electrons. The number of halogens is 1. The number of aromatic nitrogens is 2. The molecule has 29 heavy (non-hydrogen) atoms. The molecule has 0 saturated carbocycles. The van der Waals surface area contributed by atoms with Gasteiger partial charge in [-0.25, -0.2) is 9.37 Å². The highest BCUT2D eigenvalue weighted by atomic mass is 19.1. The van der Waals surface area contributed by atoms with Crippen LogP contribution < -0.4 is 15.5 Å².